The highest BCUT2D eigenvalue weighted by molar-refractivity contribution is 8.18. The molecule has 0 radical (unpaired) electrons. The zero-order valence-electron chi connectivity index (χ0n) is 16.2. The average Bonchev–Trinajstić information content (AvgIpc) is 2.98. The number of phenols is 1. The van der Waals surface area contributed by atoms with E-state index in [0.717, 1.165) is 5.56 Å². The van der Waals surface area contributed by atoms with E-state index in [2.05, 4.69) is 9.73 Å². The molecule has 150 valence electrons. The Labute approximate surface area is 172 Å². The molecular weight excluding hydrogens is 392 g/mol. The molecule has 1 N–H and O–H groups in total. The number of rotatable bonds is 5. The lowest BCUT2D eigenvalue weighted by atomic mass is 10.2. The lowest BCUT2D eigenvalue weighted by Crippen LogP contribution is -2.23. The van der Waals surface area contributed by atoms with Gasteiger partial charge in [0.2, 0.25) is 0 Å². The van der Waals surface area contributed by atoms with Gasteiger partial charge in [-0.05, 0) is 66.7 Å². The van der Waals surface area contributed by atoms with E-state index in [-0.39, 0.29) is 11.7 Å². The highest BCUT2D eigenvalue weighted by atomic mass is 32.2. The van der Waals surface area contributed by atoms with Crippen LogP contribution in [0.5, 0.6) is 11.5 Å². The van der Waals surface area contributed by atoms with Crippen molar-refractivity contribution in [2.45, 2.75) is 6.92 Å². The molecule has 7 nitrogen and oxygen atoms in total. The summed E-state index contributed by atoms with van der Waals surface area (Å²) in [5, 5.41) is 10.3. The Balaban J connectivity index is 1.84. The molecule has 8 heteroatoms. The van der Waals surface area contributed by atoms with Gasteiger partial charge in [-0.1, -0.05) is 6.07 Å². The van der Waals surface area contributed by atoms with Crippen LogP contribution in [0.25, 0.3) is 6.08 Å². The summed E-state index contributed by atoms with van der Waals surface area (Å²) in [4.78, 5) is 30.6. The van der Waals surface area contributed by atoms with Gasteiger partial charge in [-0.15, -0.1) is 0 Å². The fraction of sp³-hybridized carbons (Fsp3) is 0.190. The number of ether oxygens (including phenoxy) is 2. The molecule has 0 aromatic heterocycles. The maximum absolute atomic E-state index is 12.6. The van der Waals surface area contributed by atoms with Crippen LogP contribution in [0, 0.1) is 0 Å². The third-order valence-electron chi connectivity index (χ3n) is 4.10. The smallest absolute Gasteiger partial charge is 0.337 e. The number of aliphatic imine (C=N–C) groups is 1. The number of methoxy groups -OCH3 is 1. The van der Waals surface area contributed by atoms with Crippen molar-refractivity contribution in [3.8, 4) is 11.5 Å². The first kappa shape index (κ1) is 20.5. The van der Waals surface area contributed by atoms with Crippen LogP contribution >= 0.6 is 11.8 Å². The number of likely N-dealkylation sites (N-methyl/N-ethyl adjacent to an activating group) is 1. The number of benzene rings is 2. The molecule has 2 aromatic rings. The minimum absolute atomic E-state index is 0.0502. The van der Waals surface area contributed by atoms with Crippen LogP contribution in [-0.4, -0.2) is 47.8 Å². The van der Waals surface area contributed by atoms with Crippen LogP contribution in [0.15, 0.2) is 52.4 Å². The molecule has 1 heterocycles. The number of esters is 1. The van der Waals surface area contributed by atoms with E-state index >= 15 is 0 Å². The van der Waals surface area contributed by atoms with Gasteiger partial charge in [0.05, 0.1) is 29.9 Å². The van der Waals surface area contributed by atoms with Crippen LogP contribution in [0.2, 0.25) is 0 Å². The van der Waals surface area contributed by atoms with Crippen LogP contribution in [-0.2, 0) is 9.53 Å². The molecule has 3 rings (SSSR count). The molecule has 0 unspecified atom stereocenters. The van der Waals surface area contributed by atoms with Gasteiger partial charge in [-0.2, -0.15) is 0 Å². The van der Waals surface area contributed by atoms with E-state index in [1.54, 1.807) is 49.5 Å². The van der Waals surface area contributed by atoms with Crippen molar-refractivity contribution in [3.63, 3.8) is 0 Å². The fourth-order valence-corrected chi connectivity index (χ4v) is 3.58. The van der Waals surface area contributed by atoms with Crippen LogP contribution in [0.3, 0.4) is 0 Å². The van der Waals surface area contributed by atoms with Gasteiger partial charge >= 0.3 is 5.97 Å². The van der Waals surface area contributed by atoms with Gasteiger partial charge in [-0.3, -0.25) is 9.69 Å². The number of thioether (sulfide) groups is 1. The number of phenolic OH excluding ortho intramolecular Hbond substituents is 1. The molecule has 0 saturated carbocycles. The third kappa shape index (κ3) is 4.60. The number of hydrogen-bond acceptors (Lipinski definition) is 7. The van der Waals surface area contributed by atoms with Gasteiger partial charge in [0.25, 0.3) is 5.91 Å². The van der Waals surface area contributed by atoms with Crippen LogP contribution < -0.4 is 4.74 Å². The lowest BCUT2D eigenvalue weighted by molar-refractivity contribution is -0.121. The predicted octanol–water partition coefficient (Wildman–Crippen LogP) is 3.81. The number of hydrogen-bond donors (Lipinski definition) is 1. The second-order valence-electron chi connectivity index (χ2n) is 6.07. The second kappa shape index (κ2) is 8.83. The van der Waals surface area contributed by atoms with E-state index in [9.17, 15) is 14.7 Å². The Hall–Kier alpha value is -3.26. The van der Waals surface area contributed by atoms with Crippen LogP contribution in [0.1, 0.15) is 22.8 Å². The fourth-order valence-electron chi connectivity index (χ4n) is 2.59. The Kier molecular flexibility index (Phi) is 6.23. The molecule has 1 aliphatic rings. The maximum Gasteiger partial charge on any atom is 0.337 e. The van der Waals surface area contributed by atoms with Crippen molar-refractivity contribution in [1.29, 1.82) is 0 Å². The zero-order chi connectivity index (χ0) is 21.0. The summed E-state index contributed by atoms with van der Waals surface area (Å²) >= 11 is 1.25. The molecule has 29 heavy (non-hydrogen) atoms. The lowest BCUT2D eigenvalue weighted by Gasteiger charge is -2.07. The summed E-state index contributed by atoms with van der Waals surface area (Å²) < 4.78 is 10.1. The Morgan fingerprint density at radius 1 is 1.24 bits per heavy atom. The van der Waals surface area contributed by atoms with Crippen molar-refractivity contribution in [1.82, 2.24) is 4.90 Å². The second-order valence-corrected chi connectivity index (χ2v) is 7.08. The zero-order valence-corrected chi connectivity index (χ0v) is 17.0. The van der Waals surface area contributed by atoms with Crippen molar-refractivity contribution >= 4 is 40.6 Å². The van der Waals surface area contributed by atoms with E-state index in [4.69, 9.17) is 4.74 Å². The summed E-state index contributed by atoms with van der Waals surface area (Å²) in [5.41, 5.74) is 1.78. The molecule has 0 spiro atoms. The molecule has 1 fully saturated rings. The number of amides is 1. The Bertz CT molecular complexity index is 999. The maximum atomic E-state index is 12.6. The first-order valence-corrected chi connectivity index (χ1v) is 9.65. The summed E-state index contributed by atoms with van der Waals surface area (Å²) in [6.07, 6.45) is 1.73. The number of aromatic hydroxyl groups is 1. The molecule has 0 bridgehead atoms. The highest BCUT2D eigenvalue weighted by Gasteiger charge is 2.30. The molecule has 1 saturated heterocycles. The van der Waals surface area contributed by atoms with Gasteiger partial charge in [0.15, 0.2) is 16.7 Å². The van der Waals surface area contributed by atoms with Crippen LogP contribution in [0.4, 0.5) is 5.69 Å². The third-order valence-corrected chi connectivity index (χ3v) is 5.16. The molecule has 0 atom stereocenters. The van der Waals surface area contributed by atoms with E-state index in [1.165, 1.54) is 29.8 Å². The highest BCUT2D eigenvalue weighted by Crippen LogP contribution is 2.34. The normalized spacial score (nSPS) is 16.5. The monoisotopic (exact) mass is 412 g/mol. The summed E-state index contributed by atoms with van der Waals surface area (Å²) in [6.45, 7) is 2.26. The van der Waals surface area contributed by atoms with Crippen molar-refractivity contribution in [2.24, 2.45) is 4.99 Å². The molecule has 2 aromatic carbocycles. The van der Waals surface area contributed by atoms with Crippen molar-refractivity contribution in [3.05, 3.63) is 58.5 Å². The molecule has 1 aliphatic heterocycles. The minimum atomic E-state index is -0.419. The number of carbonyl (C=O) groups excluding carboxylic acids is 2. The number of carbonyl (C=O) groups is 2. The standard InChI is InChI=1S/C21H20N2O5S/c1-4-28-17-11-13(5-10-16(17)24)12-18-19(25)23(2)21(29-18)22-15-8-6-14(7-9-15)20(26)27-3/h5-12,24H,4H2,1-3H3. The van der Waals surface area contributed by atoms with Gasteiger partial charge in [0.1, 0.15) is 0 Å². The van der Waals surface area contributed by atoms with Crippen molar-refractivity contribution in [2.75, 3.05) is 20.8 Å². The Morgan fingerprint density at radius 3 is 2.62 bits per heavy atom. The molecular formula is C21H20N2O5S. The molecule has 0 aliphatic carbocycles. The van der Waals surface area contributed by atoms with Gasteiger partial charge < -0.3 is 14.6 Å². The molecule has 1 amide bonds. The van der Waals surface area contributed by atoms with Gasteiger partial charge in [0, 0.05) is 7.05 Å². The topological polar surface area (TPSA) is 88.4 Å². The van der Waals surface area contributed by atoms with E-state index < -0.39 is 5.97 Å². The quantitative estimate of drug-likeness (QED) is 0.593. The SMILES string of the molecule is CCOc1cc(C=C2SC(=Nc3ccc(C(=O)OC)cc3)N(C)C2=O)ccc1O. The van der Waals surface area contributed by atoms with Gasteiger partial charge in [-0.25, -0.2) is 9.79 Å². The summed E-state index contributed by atoms with van der Waals surface area (Å²) in [7, 11) is 2.98. The number of amidine groups is 1. The predicted molar refractivity (Wildman–Crippen MR) is 112 cm³/mol. The van der Waals surface area contributed by atoms with E-state index in [0.29, 0.717) is 33.7 Å². The largest absolute Gasteiger partial charge is 0.504 e. The summed E-state index contributed by atoms with van der Waals surface area (Å²) in [6, 6.07) is 11.5. The average molecular weight is 412 g/mol. The number of nitrogens with zero attached hydrogens (tertiary/aromatic N) is 2. The summed E-state index contributed by atoms with van der Waals surface area (Å²) in [5.74, 6) is -0.178. The minimum Gasteiger partial charge on any atom is -0.504 e. The Morgan fingerprint density at radius 2 is 1.97 bits per heavy atom. The first-order valence-electron chi connectivity index (χ1n) is 8.83. The first-order chi connectivity index (χ1) is 13.9. The van der Waals surface area contributed by atoms with Crippen molar-refractivity contribution < 1.29 is 24.2 Å². The van der Waals surface area contributed by atoms with E-state index in [1.807, 2.05) is 6.92 Å².